The number of nitrogens with one attached hydrogen (secondary N) is 1. The van der Waals surface area contributed by atoms with Gasteiger partial charge in [0.2, 0.25) is 0 Å². The number of rotatable bonds is 3. The van der Waals surface area contributed by atoms with Crippen LogP contribution in [0.3, 0.4) is 0 Å². The summed E-state index contributed by atoms with van der Waals surface area (Å²) in [5.74, 6) is 1.04. The second kappa shape index (κ2) is 5.18. The minimum absolute atomic E-state index is 0.510. The van der Waals surface area contributed by atoms with E-state index in [1.165, 1.54) is 0 Å². The zero-order chi connectivity index (χ0) is 14.1. The van der Waals surface area contributed by atoms with E-state index < -0.39 is 0 Å². The van der Waals surface area contributed by atoms with Gasteiger partial charge in [0.25, 0.3) is 0 Å². The highest BCUT2D eigenvalue weighted by Gasteiger charge is 2.19. The molecule has 1 aromatic carbocycles. The molecule has 1 aliphatic rings. The molecule has 0 aliphatic carbocycles. The summed E-state index contributed by atoms with van der Waals surface area (Å²) in [6, 6.07) is 8.95. The van der Waals surface area contributed by atoms with Crippen molar-refractivity contribution < 1.29 is 0 Å². The van der Waals surface area contributed by atoms with Crippen LogP contribution in [0.15, 0.2) is 55.4 Å². The van der Waals surface area contributed by atoms with Crippen molar-refractivity contribution in [1.82, 2.24) is 24.4 Å². The highest BCUT2D eigenvalue weighted by atomic mass is 15.1. The lowest BCUT2D eigenvalue weighted by Gasteiger charge is -2.14. The molecule has 1 saturated heterocycles. The van der Waals surface area contributed by atoms with Gasteiger partial charge in [0.1, 0.15) is 5.82 Å². The molecule has 0 radical (unpaired) electrons. The molecule has 3 heterocycles. The standard InChI is InChI=1S/C16H17N5/c1-3-14(20-9-7-18-12-20)4-2-13(1)16-19-8-10-21(16)15-5-6-17-11-15/h1-4,7-10,12,15,17H,5-6,11H2/t15-/m1/s1. The van der Waals surface area contributed by atoms with Crippen molar-refractivity contribution in [1.29, 1.82) is 0 Å². The first-order valence-corrected chi connectivity index (χ1v) is 7.24. The molecule has 5 nitrogen and oxygen atoms in total. The highest BCUT2D eigenvalue weighted by Crippen LogP contribution is 2.25. The van der Waals surface area contributed by atoms with E-state index in [4.69, 9.17) is 0 Å². The lowest BCUT2D eigenvalue weighted by molar-refractivity contribution is 0.552. The second-order valence-corrected chi connectivity index (χ2v) is 5.32. The first-order chi connectivity index (χ1) is 10.4. The van der Waals surface area contributed by atoms with E-state index in [0.717, 1.165) is 36.6 Å². The third-order valence-corrected chi connectivity index (χ3v) is 4.02. The minimum atomic E-state index is 0.510. The highest BCUT2D eigenvalue weighted by molar-refractivity contribution is 5.58. The van der Waals surface area contributed by atoms with Crippen molar-refractivity contribution in [3.63, 3.8) is 0 Å². The molecule has 106 valence electrons. The molecular formula is C16H17N5. The average Bonchev–Trinajstić information content (AvgIpc) is 3.27. The average molecular weight is 279 g/mol. The first-order valence-electron chi connectivity index (χ1n) is 7.24. The van der Waals surface area contributed by atoms with Crippen molar-refractivity contribution in [2.75, 3.05) is 13.1 Å². The fourth-order valence-electron chi connectivity index (χ4n) is 2.90. The number of imidazole rings is 2. The lowest BCUT2D eigenvalue weighted by Crippen LogP contribution is -2.13. The van der Waals surface area contributed by atoms with Crippen LogP contribution in [0.5, 0.6) is 0 Å². The molecule has 0 unspecified atom stereocenters. The van der Waals surface area contributed by atoms with Crippen LogP contribution in [0.1, 0.15) is 12.5 Å². The Kier molecular flexibility index (Phi) is 3.05. The van der Waals surface area contributed by atoms with E-state index >= 15 is 0 Å². The van der Waals surface area contributed by atoms with E-state index in [1.807, 2.05) is 17.0 Å². The van der Waals surface area contributed by atoms with Crippen LogP contribution < -0.4 is 5.32 Å². The number of hydrogen-bond donors (Lipinski definition) is 1. The maximum atomic E-state index is 4.54. The summed E-state index contributed by atoms with van der Waals surface area (Å²) in [6.07, 6.45) is 10.7. The van der Waals surface area contributed by atoms with Gasteiger partial charge >= 0.3 is 0 Å². The first kappa shape index (κ1) is 12.3. The summed E-state index contributed by atoms with van der Waals surface area (Å²) in [6.45, 7) is 2.11. The molecule has 0 bridgehead atoms. The van der Waals surface area contributed by atoms with Crippen LogP contribution in [-0.2, 0) is 0 Å². The molecule has 0 amide bonds. The molecule has 0 spiro atoms. The predicted octanol–water partition coefficient (Wildman–Crippen LogP) is 2.27. The fraction of sp³-hybridized carbons (Fsp3) is 0.250. The van der Waals surface area contributed by atoms with Gasteiger partial charge in [-0.1, -0.05) is 0 Å². The quantitative estimate of drug-likeness (QED) is 0.800. The van der Waals surface area contributed by atoms with Crippen molar-refractivity contribution in [2.24, 2.45) is 0 Å². The topological polar surface area (TPSA) is 47.7 Å². The smallest absolute Gasteiger partial charge is 0.140 e. The minimum Gasteiger partial charge on any atom is -0.327 e. The summed E-state index contributed by atoms with van der Waals surface area (Å²) in [5, 5.41) is 3.41. The van der Waals surface area contributed by atoms with Gasteiger partial charge in [0, 0.05) is 48.6 Å². The Bertz CT molecular complexity index is 705. The molecule has 1 N–H and O–H groups in total. The molecule has 1 fully saturated rings. The molecule has 5 heteroatoms. The number of aromatic nitrogens is 4. The van der Waals surface area contributed by atoms with Gasteiger partial charge in [-0.15, -0.1) is 0 Å². The molecule has 2 aromatic heterocycles. The third-order valence-electron chi connectivity index (χ3n) is 4.02. The fourth-order valence-corrected chi connectivity index (χ4v) is 2.90. The summed E-state index contributed by atoms with van der Waals surface area (Å²) in [4.78, 5) is 8.62. The van der Waals surface area contributed by atoms with Gasteiger partial charge in [0.05, 0.1) is 6.33 Å². The maximum absolute atomic E-state index is 4.54. The van der Waals surface area contributed by atoms with Gasteiger partial charge < -0.3 is 14.5 Å². The van der Waals surface area contributed by atoms with Crippen molar-refractivity contribution in [3.05, 3.63) is 55.4 Å². The number of hydrogen-bond acceptors (Lipinski definition) is 3. The van der Waals surface area contributed by atoms with Crippen LogP contribution in [0.4, 0.5) is 0 Å². The zero-order valence-corrected chi connectivity index (χ0v) is 11.7. The number of nitrogens with zero attached hydrogens (tertiary/aromatic N) is 4. The maximum Gasteiger partial charge on any atom is 0.140 e. The Labute approximate surface area is 123 Å². The Balaban J connectivity index is 1.66. The SMILES string of the molecule is c1cn(-c2ccc(-c3nccn3[C@@H]3CCNC3)cc2)cn1. The number of benzene rings is 1. The summed E-state index contributed by atoms with van der Waals surface area (Å²) >= 11 is 0. The Morgan fingerprint density at radius 3 is 2.71 bits per heavy atom. The van der Waals surface area contributed by atoms with Crippen molar-refractivity contribution in [2.45, 2.75) is 12.5 Å². The normalized spacial score (nSPS) is 18.2. The molecule has 4 rings (SSSR count). The van der Waals surface area contributed by atoms with Crippen LogP contribution in [-0.4, -0.2) is 32.2 Å². The third kappa shape index (κ3) is 2.25. The van der Waals surface area contributed by atoms with E-state index in [0.29, 0.717) is 6.04 Å². The Morgan fingerprint density at radius 2 is 2.00 bits per heavy atom. The van der Waals surface area contributed by atoms with Crippen LogP contribution in [0.2, 0.25) is 0 Å². The molecular weight excluding hydrogens is 262 g/mol. The second-order valence-electron chi connectivity index (χ2n) is 5.32. The summed E-state index contributed by atoms with van der Waals surface area (Å²) in [5.41, 5.74) is 2.26. The van der Waals surface area contributed by atoms with E-state index in [9.17, 15) is 0 Å². The lowest BCUT2D eigenvalue weighted by atomic mass is 10.1. The van der Waals surface area contributed by atoms with Gasteiger partial charge in [-0.3, -0.25) is 0 Å². The predicted molar refractivity (Wildman–Crippen MR) is 81.3 cm³/mol. The molecule has 0 saturated carbocycles. The largest absolute Gasteiger partial charge is 0.327 e. The Hall–Kier alpha value is -2.40. The van der Waals surface area contributed by atoms with Gasteiger partial charge in [-0.25, -0.2) is 9.97 Å². The summed E-state index contributed by atoms with van der Waals surface area (Å²) < 4.78 is 4.28. The van der Waals surface area contributed by atoms with E-state index in [-0.39, 0.29) is 0 Å². The van der Waals surface area contributed by atoms with Crippen molar-refractivity contribution in [3.8, 4) is 17.1 Å². The summed E-state index contributed by atoms with van der Waals surface area (Å²) in [7, 11) is 0. The van der Waals surface area contributed by atoms with Crippen LogP contribution in [0.25, 0.3) is 17.1 Å². The molecule has 21 heavy (non-hydrogen) atoms. The van der Waals surface area contributed by atoms with Crippen molar-refractivity contribution >= 4 is 0 Å². The van der Waals surface area contributed by atoms with Gasteiger partial charge in [-0.05, 0) is 37.2 Å². The van der Waals surface area contributed by atoms with E-state index in [2.05, 4.69) is 50.3 Å². The molecule has 1 atom stereocenters. The van der Waals surface area contributed by atoms with E-state index in [1.54, 1.807) is 12.5 Å². The molecule has 1 aliphatic heterocycles. The van der Waals surface area contributed by atoms with Crippen LogP contribution in [0, 0.1) is 0 Å². The monoisotopic (exact) mass is 279 g/mol. The van der Waals surface area contributed by atoms with Crippen LogP contribution >= 0.6 is 0 Å². The zero-order valence-electron chi connectivity index (χ0n) is 11.7. The van der Waals surface area contributed by atoms with Gasteiger partial charge in [0.15, 0.2) is 0 Å². The van der Waals surface area contributed by atoms with Gasteiger partial charge in [-0.2, -0.15) is 0 Å². The molecule has 3 aromatic rings. The Morgan fingerprint density at radius 1 is 1.10 bits per heavy atom.